The van der Waals surface area contributed by atoms with Gasteiger partial charge in [0.15, 0.2) is 5.88 Å². The minimum absolute atomic E-state index is 0.194. The molecule has 0 atom stereocenters. The molecule has 32 heavy (non-hydrogen) atoms. The largest absolute Gasteiger partial charge is 0.494 e. The third kappa shape index (κ3) is 4.46. The predicted molar refractivity (Wildman–Crippen MR) is 122 cm³/mol. The Bertz CT molecular complexity index is 1250. The van der Waals surface area contributed by atoms with Gasteiger partial charge in [-0.2, -0.15) is 0 Å². The van der Waals surface area contributed by atoms with Crippen LogP contribution in [0.15, 0.2) is 72.9 Å². The molecule has 0 aliphatic heterocycles. The highest BCUT2D eigenvalue weighted by Gasteiger charge is 2.17. The molecule has 1 amide bonds. The number of aromatic nitrogens is 2. The molecule has 4 rings (SSSR count). The lowest BCUT2D eigenvalue weighted by atomic mass is 10.1. The fourth-order valence-electron chi connectivity index (χ4n) is 3.70. The van der Waals surface area contributed by atoms with Crippen molar-refractivity contribution in [1.82, 2.24) is 9.55 Å². The van der Waals surface area contributed by atoms with Crippen LogP contribution in [0.1, 0.15) is 28.0 Å². The number of pyridine rings is 1. The molecular formula is C25H23N3O4. The Hall–Kier alpha value is -4.13. The van der Waals surface area contributed by atoms with Crippen LogP contribution in [0.4, 0.5) is 5.82 Å². The van der Waals surface area contributed by atoms with Crippen molar-refractivity contribution in [3.8, 4) is 5.88 Å². The van der Waals surface area contributed by atoms with Gasteiger partial charge in [0, 0.05) is 29.1 Å². The summed E-state index contributed by atoms with van der Waals surface area (Å²) in [7, 11) is 1.30. The summed E-state index contributed by atoms with van der Waals surface area (Å²) in [5, 5.41) is 15.3. The van der Waals surface area contributed by atoms with Crippen LogP contribution in [-0.4, -0.2) is 33.6 Å². The van der Waals surface area contributed by atoms with Gasteiger partial charge < -0.3 is 19.7 Å². The first kappa shape index (κ1) is 21.1. The maximum atomic E-state index is 12.6. The molecule has 0 unspecified atom stereocenters. The molecule has 0 fully saturated rings. The number of carbonyl (C=O) groups is 2. The van der Waals surface area contributed by atoms with E-state index in [-0.39, 0.29) is 18.2 Å². The van der Waals surface area contributed by atoms with Crippen molar-refractivity contribution < 1.29 is 19.4 Å². The number of benzene rings is 2. The molecule has 0 radical (unpaired) electrons. The number of hydrogen-bond acceptors (Lipinski definition) is 5. The van der Waals surface area contributed by atoms with Gasteiger partial charge in [-0.3, -0.25) is 4.79 Å². The van der Waals surface area contributed by atoms with E-state index in [1.807, 2.05) is 59.2 Å². The summed E-state index contributed by atoms with van der Waals surface area (Å²) < 4.78 is 6.50. The first-order chi connectivity index (χ1) is 15.6. The summed E-state index contributed by atoms with van der Waals surface area (Å²) in [5.41, 5.74) is 2.26. The molecule has 0 saturated carbocycles. The van der Waals surface area contributed by atoms with E-state index in [1.54, 1.807) is 12.1 Å². The number of aryl methyl sites for hydroxylation is 1. The highest BCUT2D eigenvalue weighted by Crippen LogP contribution is 2.33. The standard InChI is InChI=1S/C25H23N3O4/c1-32-25(31)18-11-13-22(26-15-18)27-23(29)14-12-21-19-9-5-6-10-20(19)24(30)28(21)16-17-7-3-2-4-8-17/h2-11,13,15,30H,12,14,16H2,1H3,(H,26,27,29). The number of amides is 1. The van der Waals surface area contributed by atoms with E-state index < -0.39 is 5.97 Å². The Morgan fingerprint density at radius 3 is 2.41 bits per heavy atom. The predicted octanol–water partition coefficient (Wildman–Crippen LogP) is 4.15. The maximum Gasteiger partial charge on any atom is 0.339 e. The monoisotopic (exact) mass is 429 g/mol. The SMILES string of the molecule is COC(=O)c1ccc(NC(=O)CCc2c3ccccc3c(O)n2Cc2ccccc2)nc1. The van der Waals surface area contributed by atoms with E-state index in [0.29, 0.717) is 24.3 Å². The molecule has 2 aromatic carbocycles. The molecule has 2 N–H and O–H groups in total. The third-order valence-corrected chi connectivity index (χ3v) is 5.28. The zero-order chi connectivity index (χ0) is 22.5. The van der Waals surface area contributed by atoms with Crippen molar-refractivity contribution in [3.63, 3.8) is 0 Å². The molecule has 4 aromatic rings. The van der Waals surface area contributed by atoms with Gasteiger partial charge in [-0.1, -0.05) is 48.5 Å². The summed E-state index contributed by atoms with van der Waals surface area (Å²) in [4.78, 5) is 28.2. The van der Waals surface area contributed by atoms with Gasteiger partial charge in [-0.05, 0) is 30.2 Å². The fraction of sp³-hybridized carbons (Fsp3) is 0.160. The molecular weight excluding hydrogens is 406 g/mol. The smallest absolute Gasteiger partial charge is 0.339 e. The number of ether oxygens (including phenoxy) is 1. The van der Waals surface area contributed by atoms with Crippen LogP contribution in [0.3, 0.4) is 0 Å². The van der Waals surface area contributed by atoms with Gasteiger partial charge in [-0.25, -0.2) is 9.78 Å². The number of nitrogens with one attached hydrogen (secondary N) is 1. The van der Waals surface area contributed by atoms with Gasteiger partial charge in [0.25, 0.3) is 0 Å². The number of carbonyl (C=O) groups excluding carboxylic acids is 2. The van der Waals surface area contributed by atoms with Crippen LogP contribution in [0.25, 0.3) is 10.8 Å². The zero-order valence-corrected chi connectivity index (χ0v) is 17.6. The molecule has 0 bridgehead atoms. The van der Waals surface area contributed by atoms with E-state index in [4.69, 9.17) is 0 Å². The van der Waals surface area contributed by atoms with Gasteiger partial charge in [0.05, 0.1) is 19.2 Å². The van der Waals surface area contributed by atoms with Crippen molar-refractivity contribution in [2.75, 3.05) is 12.4 Å². The number of rotatable bonds is 7. The topological polar surface area (TPSA) is 93.5 Å². The molecule has 2 aromatic heterocycles. The first-order valence-electron chi connectivity index (χ1n) is 10.2. The zero-order valence-electron chi connectivity index (χ0n) is 17.6. The summed E-state index contributed by atoms with van der Waals surface area (Å²) in [5.74, 6) is -0.143. The molecule has 0 aliphatic rings. The second-order valence-electron chi connectivity index (χ2n) is 7.36. The van der Waals surface area contributed by atoms with Crippen molar-refractivity contribution in [2.45, 2.75) is 19.4 Å². The van der Waals surface area contributed by atoms with E-state index >= 15 is 0 Å². The molecule has 7 heteroatoms. The Balaban J connectivity index is 1.51. The minimum atomic E-state index is -0.485. The van der Waals surface area contributed by atoms with E-state index in [2.05, 4.69) is 15.0 Å². The lowest BCUT2D eigenvalue weighted by molar-refractivity contribution is -0.116. The summed E-state index contributed by atoms with van der Waals surface area (Å²) >= 11 is 0. The molecule has 7 nitrogen and oxygen atoms in total. The van der Waals surface area contributed by atoms with Crippen LogP contribution in [0.2, 0.25) is 0 Å². The molecule has 0 aliphatic carbocycles. The van der Waals surface area contributed by atoms with E-state index in [0.717, 1.165) is 22.0 Å². The number of esters is 1. The van der Waals surface area contributed by atoms with E-state index in [1.165, 1.54) is 13.3 Å². The van der Waals surface area contributed by atoms with Crippen molar-refractivity contribution in [2.24, 2.45) is 0 Å². The minimum Gasteiger partial charge on any atom is -0.494 e. The number of fused-ring (bicyclic) bond motifs is 1. The number of anilines is 1. The second kappa shape index (κ2) is 9.34. The van der Waals surface area contributed by atoms with Crippen molar-refractivity contribution >= 4 is 28.5 Å². The second-order valence-corrected chi connectivity index (χ2v) is 7.36. The Morgan fingerprint density at radius 1 is 1.00 bits per heavy atom. The van der Waals surface area contributed by atoms with Gasteiger partial charge in [0.1, 0.15) is 5.82 Å². The van der Waals surface area contributed by atoms with Crippen LogP contribution in [0, 0.1) is 0 Å². The van der Waals surface area contributed by atoms with E-state index in [9.17, 15) is 14.7 Å². The number of aromatic hydroxyl groups is 1. The fourth-order valence-corrected chi connectivity index (χ4v) is 3.70. The maximum absolute atomic E-state index is 12.6. The average molecular weight is 429 g/mol. The van der Waals surface area contributed by atoms with Crippen LogP contribution in [-0.2, 0) is 22.5 Å². The van der Waals surface area contributed by atoms with Crippen LogP contribution >= 0.6 is 0 Å². The van der Waals surface area contributed by atoms with Gasteiger partial charge in [-0.15, -0.1) is 0 Å². The molecule has 0 saturated heterocycles. The summed E-state index contributed by atoms with van der Waals surface area (Å²) in [6, 6.07) is 20.6. The Morgan fingerprint density at radius 2 is 1.72 bits per heavy atom. The van der Waals surface area contributed by atoms with Crippen molar-refractivity contribution in [3.05, 3.63) is 89.7 Å². The highest BCUT2D eigenvalue weighted by molar-refractivity contribution is 5.93. The average Bonchev–Trinajstić information content (AvgIpc) is 3.09. The Kier molecular flexibility index (Phi) is 6.17. The molecule has 2 heterocycles. The third-order valence-electron chi connectivity index (χ3n) is 5.28. The van der Waals surface area contributed by atoms with Crippen LogP contribution < -0.4 is 5.32 Å². The van der Waals surface area contributed by atoms with Gasteiger partial charge >= 0.3 is 5.97 Å². The highest BCUT2D eigenvalue weighted by atomic mass is 16.5. The van der Waals surface area contributed by atoms with Crippen LogP contribution in [0.5, 0.6) is 5.88 Å². The van der Waals surface area contributed by atoms with Crippen molar-refractivity contribution in [1.29, 1.82) is 0 Å². The summed E-state index contributed by atoms with van der Waals surface area (Å²) in [6.45, 7) is 0.509. The number of methoxy groups -OCH3 is 1. The lowest BCUT2D eigenvalue weighted by Gasteiger charge is -2.11. The number of hydrogen-bond donors (Lipinski definition) is 2. The Labute approximate surface area is 185 Å². The lowest BCUT2D eigenvalue weighted by Crippen LogP contribution is -2.15. The number of nitrogens with zero attached hydrogens (tertiary/aromatic N) is 2. The normalized spacial score (nSPS) is 10.8. The molecule has 0 spiro atoms. The van der Waals surface area contributed by atoms with Gasteiger partial charge in [0.2, 0.25) is 5.91 Å². The quantitative estimate of drug-likeness (QED) is 0.431. The summed E-state index contributed by atoms with van der Waals surface area (Å²) in [6.07, 6.45) is 2.01. The molecule has 162 valence electrons. The first-order valence-corrected chi connectivity index (χ1v) is 10.2.